The summed E-state index contributed by atoms with van der Waals surface area (Å²) in [5, 5.41) is 6.82. The maximum atomic E-state index is 12.3. The van der Waals surface area contributed by atoms with Crippen molar-refractivity contribution in [2.75, 3.05) is 11.9 Å². The number of fused-ring (bicyclic) bond motifs is 1. The van der Waals surface area contributed by atoms with Crippen molar-refractivity contribution in [3.05, 3.63) is 54.1 Å². The third-order valence-corrected chi connectivity index (χ3v) is 3.74. The van der Waals surface area contributed by atoms with Crippen molar-refractivity contribution < 1.29 is 19.1 Å². The van der Waals surface area contributed by atoms with Gasteiger partial charge in [0.2, 0.25) is 12.0 Å². The molecule has 0 aliphatic carbocycles. The maximum Gasteiger partial charge on any atom is 0.284 e. The fourth-order valence-electron chi connectivity index (χ4n) is 2.45. The number of amides is 2. The van der Waals surface area contributed by atoms with Gasteiger partial charge in [-0.05, 0) is 36.8 Å². The van der Waals surface area contributed by atoms with Crippen LogP contribution in [0.3, 0.4) is 0 Å². The van der Waals surface area contributed by atoms with Crippen molar-refractivity contribution in [2.45, 2.75) is 20.0 Å². The largest absolute Gasteiger partial charge is 0.485 e. The molecular formula is C19H19N3O4. The van der Waals surface area contributed by atoms with Gasteiger partial charge in [0, 0.05) is 12.6 Å². The van der Waals surface area contributed by atoms with Gasteiger partial charge in [0.15, 0.2) is 11.5 Å². The fourth-order valence-corrected chi connectivity index (χ4v) is 2.45. The molecule has 1 atom stereocenters. The third-order valence-electron chi connectivity index (χ3n) is 3.74. The van der Waals surface area contributed by atoms with E-state index in [2.05, 4.69) is 15.8 Å². The highest BCUT2D eigenvalue weighted by Crippen LogP contribution is 2.30. The first-order valence-corrected chi connectivity index (χ1v) is 8.13. The van der Waals surface area contributed by atoms with Gasteiger partial charge in [-0.15, -0.1) is 0 Å². The highest BCUT2D eigenvalue weighted by molar-refractivity contribution is 6.01. The molecule has 0 fully saturated rings. The number of rotatable bonds is 4. The molecule has 1 aliphatic rings. The molecule has 2 aromatic rings. The number of ether oxygens (including phenoxy) is 2. The van der Waals surface area contributed by atoms with Gasteiger partial charge in [-0.1, -0.05) is 24.3 Å². The molecular weight excluding hydrogens is 334 g/mol. The normalized spacial score (nSPS) is 15.9. The Hall–Kier alpha value is -3.35. The highest BCUT2D eigenvalue weighted by Gasteiger charge is 2.27. The zero-order valence-electron chi connectivity index (χ0n) is 14.5. The monoisotopic (exact) mass is 353 g/mol. The number of hydrogen-bond donors (Lipinski definition) is 2. The molecule has 2 N–H and O–H groups in total. The van der Waals surface area contributed by atoms with Crippen molar-refractivity contribution in [1.29, 1.82) is 0 Å². The van der Waals surface area contributed by atoms with Crippen molar-refractivity contribution in [3.63, 3.8) is 0 Å². The predicted molar refractivity (Wildman–Crippen MR) is 97.5 cm³/mol. The van der Waals surface area contributed by atoms with E-state index in [1.807, 2.05) is 18.2 Å². The molecule has 2 aromatic carbocycles. The van der Waals surface area contributed by atoms with Gasteiger partial charge in [-0.2, -0.15) is 5.10 Å². The van der Waals surface area contributed by atoms with Gasteiger partial charge in [0.1, 0.15) is 6.61 Å². The molecule has 134 valence electrons. The molecule has 0 saturated heterocycles. The van der Waals surface area contributed by atoms with Gasteiger partial charge < -0.3 is 14.8 Å². The van der Waals surface area contributed by atoms with Crippen LogP contribution in [0.25, 0.3) is 0 Å². The summed E-state index contributed by atoms with van der Waals surface area (Å²) in [4.78, 5) is 23.4. The van der Waals surface area contributed by atoms with Crippen molar-refractivity contribution in [3.8, 4) is 11.5 Å². The number of benzene rings is 2. The lowest BCUT2D eigenvalue weighted by Crippen LogP contribution is -2.42. The first-order valence-electron chi connectivity index (χ1n) is 8.13. The Morgan fingerprint density at radius 3 is 2.62 bits per heavy atom. The number of para-hydroxylation sites is 2. The molecule has 26 heavy (non-hydrogen) atoms. The Bertz CT molecular complexity index is 863. The van der Waals surface area contributed by atoms with Crippen LogP contribution in [0.1, 0.15) is 19.4 Å². The molecule has 0 unspecified atom stereocenters. The average Bonchev–Trinajstić information content (AvgIpc) is 2.65. The maximum absolute atomic E-state index is 12.3. The molecule has 0 saturated carbocycles. The molecule has 0 bridgehead atoms. The molecule has 7 nitrogen and oxygen atoms in total. The first-order chi connectivity index (χ1) is 12.5. The second-order valence-electron chi connectivity index (χ2n) is 5.80. The number of hydrazone groups is 1. The zero-order valence-corrected chi connectivity index (χ0v) is 14.5. The Balaban J connectivity index is 1.64. The lowest BCUT2D eigenvalue weighted by atomic mass is 10.1. The Morgan fingerprint density at radius 1 is 1.08 bits per heavy atom. The second-order valence-corrected chi connectivity index (χ2v) is 5.80. The van der Waals surface area contributed by atoms with Crippen LogP contribution in [0.15, 0.2) is 53.6 Å². The Morgan fingerprint density at radius 2 is 1.85 bits per heavy atom. The van der Waals surface area contributed by atoms with Crippen LogP contribution < -0.4 is 20.2 Å². The molecule has 1 aliphatic heterocycles. The van der Waals surface area contributed by atoms with Crippen LogP contribution in [0.5, 0.6) is 11.5 Å². The minimum atomic E-state index is -0.771. The predicted octanol–water partition coefficient (Wildman–Crippen LogP) is 2.33. The van der Waals surface area contributed by atoms with Gasteiger partial charge >= 0.3 is 0 Å². The molecule has 3 rings (SSSR count). The van der Waals surface area contributed by atoms with Crippen LogP contribution in [0, 0.1) is 0 Å². The van der Waals surface area contributed by atoms with Gasteiger partial charge in [0.05, 0.1) is 5.71 Å². The quantitative estimate of drug-likeness (QED) is 0.652. The van der Waals surface area contributed by atoms with Crippen molar-refractivity contribution in [1.82, 2.24) is 5.43 Å². The summed E-state index contributed by atoms with van der Waals surface area (Å²) >= 11 is 0. The van der Waals surface area contributed by atoms with Gasteiger partial charge in [0.25, 0.3) is 5.91 Å². The van der Waals surface area contributed by atoms with E-state index in [-0.39, 0.29) is 12.5 Å². The summed E-state index contributed by atoms with van der Waals surface area (Å²) in [7, 11) is 0. The van der Waals surface area contributed by atoms with E-state index in [1.54, 1.807) is 37.3 Å². The molecule has 0 radical (unpaired) electrons. The van der Waals surface area contributed by atoms with E-state index in [1.165, 1.54) is 6.92 Å². The first kappa shape index (κ1) is 17.5. The summed E-state index contributed by atoms with van der Waals surface area (Å²) in [6.45, 7) is 3.33. The van der Waals surface area contributed by atoms with E-state index in [9.17, 15) is 9.59 Å². The van der Waals surface area contributed by atoms with Crippen molar-refractivity contribution >= 4 is 23.2 Å². The average molecular weight is 353 g/mol. The van der Waals surface area contributed by atoms with Crippen LogP contribution in [0.2, 0.25) is 0 Å². The number of anilines is 1. The molecule has 1 heterocycles. The van der Waals surface area contributed by atoms with Gasteiger partial charge in [-0.25, -0.2) is 5.43 Å². The van der Waals surface area contributed by atoms with Crippen LogP contribution >= 0.6 is 0 Å². The summed E-state index contributed by atoms with van der Waals surface area (Å²) in [5.74, 6) is 0.602. The highest BCUT2D eigenvalue weighted by atomic mass is 16.6. The van der Waals surface area contributed by atoms with Crippen LogP contribution in [-0.4, -0.2) is 30.2 Å². The van der Waals surface area contributed by atoms with Crippen LogP contribution in [-0.2, 0) is 9.59 Å². The number of carbonyl (C=O) groups excluding carboxylic acids is 2. The van der Waals surface area contributed by atoms with Gasteiger partial charge in [-0.3, -0.25) is 9.59 Å². The lowest BCUT2D eigenvalue weighted by molar-refractivity contribution is -0.130. The number of hydrogen-bond acceptors (Lipinski definition) is 5. The van der Waals surface area contributed by atoms with E-state index >= 15 is 0 Å². The van der Waals surface area contributed by atoms with E-state index in [0.29, 0.717) is 22.9 Å². The van der Waals surface area contributed by atoms with Crippen LogP contribution in [0.4, 0.5) is 5.69 Å². The van der Waals surface area contributed by atoms with E-state index < -0.39 is 12.0 Å². The molecule has 7 heteroatoms. The summed E-state index contributed by atoms with van der Waals surface area (Å²) < 4.78 is 11.2. The summed E-state index contributed by atoms with van der Waals surface area (Å²) in [6, 6.07) is 14.4. The topological polar surface area (TPSA) is 89.0 Å². The van der Waals surface area contributed by atoms with E-state index in [4.69, 9.17) is 9.47 Å². The fraction of sp³-hybridized carbons (Fsp3) is 0.211. The number of carbonyl (C=O) groups is 2. The smallest absolute Gasteiger partial charge is 0.284 e. The third kappa shape index (κ3) is 4.18. The van der Waals surface area contributed by atoms with Crippen molar-refractivity contribution in [2.24, 2.45) is 5.10 Å². The minimum absolute atomic E-state index is 0.120. The standard InChI is InChI=1S/C19H19N3O4/c1-12(14-6-5-7-15(10-14)20-13(2)23)21-22-19(24)18-11-25-16-8-3-4-9-17(16)26-18/h3-10,18H,11H2,1-2H3,(H,20,23)(H,22,24)/b21-12-/t18-/m0/s1. The molecule has 0 spiro atoms. The number of nitrogens with one attached hydrogen (secondary N) is 2. The lowest BCUT2D eigenvalue weighted by Gasteiger charge is -2.24. The SMILES string of the molecule is CC(=O)Nc1cccc(/C(C)=N\NC(=O)[C@@H]2COc3ccccc3O2)c1. The zero-order chi connectivity index (χ0) is 18.5. The Labute approximate surface area is 151 Å². The summed E-state index contributed by atoms with van der Waals surface area (Å²) in [5.41, 5.74) is 4.54. The molecule has 2 amide bonds. The minimum Gasteiger partial charge on any atom is -0.485 e. The number of nitrogens with zero attached hydrogens (tertiary/aromatic N) is 1. The summed E-state index contributed by atoms with van der Waals surface area (Å²) in [6.07, 6.45) is -0.771. The molecule has 0 aromatic heterocycles. The Kier molecular flexibility index (Phi) is 5.17. The van der Waals surface area contributed by atoms with E-state index in [0.717, 1.165) is 5.56 Å². The second kappa shape index (κ2) is 7.69.